The van der Waals surface area contributed by atoms with Crippen LogP contribution in [0.2, 0.25) is 0 Å². The molecule has 0 radical (unpaired) electrons. The van der Waals surface area contributed by atoms with Gasteiger partial charge < -0.3 is 15.3 Å². The molecule has 0 rings (SSSR count). The summed E-state index contributed by atoms with van der Waals surface area (Å²) >= 11 is 0. The molecular formula is C5H10O4. The Kier molecular flexibility index (Phi) is 2.63. The fourth-order valence-electron chi connectivity index (χ4n) is 0.321. The topological polar surface area (TPSA) is 77.8 Å². The molecular weight excluding hydrogens is 124 g/mol. The van der Waals surface area contributed by atoms with Crippen molar-refractivity contribution in [2.24, 2.45) is 0 Å². The number of aliphatic hydroxyl groups excluding tert-OH is 2. The SMILES string of the molecule is [2H][C@@](O)(C(C)=O)[C@H](O)CO. The molecule has 0 unspecified atom stereocenters. The Morgan fingerprint density at radius 2 is 2.22 bits per heavy atom. The summed E-state index contributed by atoms with van der Waals surface area (Å²) in [7, 11) is 0. The monoisotopic (exact) mass is 135 g/mol. The molecule has 0 saturated carbocycles. The molecule has 3 N–H and O–H groups in total. The summed E-state index contributed by atoms with van der Waals surface area (Å²) in [5, 5.41) is 25.7. The molecule has 4 nitrogen and oxygen atoms in total. The zero-order valence-electron chi connectivity index (χ0n) is 6.03. The molecule has 9 heavy (non-hydrogen) atoms. The van der Waals surface area contributed by atoms with Gasteiger partial charge in [-0.15, -0.1) is 0 Å². The first-order valence-corrected chi connectivity index (χ1v) is 2.45. The first kappa shape index (κ1) is 6.67. The normalized spacial score (nSPS) is 22.0. The van der Waals surface area contributed by atoms with E-state index < -0.39 is 24.6 Å². The molecule has 0 spiro atoms. The Hall–Kier alpha value is -0.450. The number of hydrogen-bond donors (Lipinski definition) is 3. The van der Waals surface area contributed by atoms with Crippen molar-refractivity contribution in [2.75, 3.05) is 6.61 Å². The fraction of sp³-hybridized carbons (Fsp3) is 0.800. The third-order valence-corrected chi connectivity index (χ3v) is 0.849. The highest BCUT2D eigenvalue weighted by Gasteiger charge is 2.18. The average Bonchev–Trinajstić information content (AvgIpc) is 1.86. The van der Waals surface area contributed by atoms with Gasteiger partial charge in [-0.1, -0.05) is 0 Å². The van der Waals surface area contributed by atoms with Gasteiger partial charge in [0.2, 0.25) is 0 Å². The van der Waals surface area contributed by atoms with Crippen molar-refractivity contribution in [1.29, 1.82) is 0 Å². The van der Waals surface area contributed by atoms with Gasteiger partial charge in [-0.05, 0) is 6.92 Å². The van der Waals surface area contributed by atoms with Crippen LogP contribution in [0.1, 0.15) is 8.29 Å². The molecule has 0 aromatic carbocycles. The standard InChI is InChI=1S/C5H10O4/c1-3(7)5(9)4(8)2-6/h4-6,8-9H,2H2,1H3/t4-,5-/m1/s1/i5D. The summed E-state index contributed by atoms with van der Waals surface area (Å²) < 4.78 is 6.78. The predicted octanol–water partition coefficient (Wildman–Crippen LogP) is -1.71. The van der Waals surface area contributed by atoms with E-state index in [2.05, 4.69) is 0 Å². The lowest BCUT2D eigenvalue weighted by Gasteiger charge is -2.10. The highest BCUT2D eigenvalue weighted by atomic mass is 16.4. The van der Waals surface area contributed by atoms with Crippen molar-refractivity contribution in [3.8, 4) is 0 Å². The second kappa shape index (κ2) is 3.55. The summed E-state index contributed by atoms with van der Waals surface area (Å²) in [6, 6.07) is 0. The number of carbonyl (C=O) groups is 1. The van der Waals surface area contributed by atoms with E-state index in [4.69, 9.17) is 16.7 Å². The molecule has 0 aliphatic heterocycles. The Balaban J connectivity index is 4.23. The van der Waals surface area contributed by atoms with Crippen molar-refractivity contribution >= 4 is 5.78 Å². The molecule has 0 saturated heterocycles. The molecule has 4 heteroatoms. The van der Waals surface area contributed by atoms with Crippen molar-refractivity contribution in [1.82, 2.24) is 0 Å². The molecule has 0 amide bonds. The Morgan fingerprint density at radius 3 is 2.33 bits per heavy atom. The first-order valence-electron chi connectivity index (χ1n) is 2.95. The van der Waals surface area contributed by atoms with Crippen molar-refractivity contribution < 1.29 is 21.5 Å². The minimum atomic E-state index is -2.57. The lowest BCUT2D eigenvalue weighted by molar-refractivity contribution is -0.132. The van der Waals surface area contributed by atoms with Crippen LogP contribution >= 0.6 is 0 Å². The number of hydrogen-bond acceptors (Lipinski definition) is 4. The van der Waals surface area contributed by atoms with Crippen molar-refractivity contribution in [2.45, 2.75) is 19.1 Å². The smallest absolute Gasteiger partial charge is 0.160 e. The van der Waals surface area contributed by atoms with Crippen LogP contribution in [0.15, 0.2) is 0 Å². The van der Waals surface area contributed by atoms with Crippen LogP contribution in [0.25, 0.3) is 0 Å². The van der Waals surface area contributed by atoms with Gasteiger partial charge in [-0.2, -0.15) is 0 Å². The van der Waals surface area contributed by atoms with E-state index in [1.54, 1.807) is 0 Å². The van der Waals surface area contributed by atoms with Crippen LogP contribution in [-0.4, -0.2) is 39.9 Å². The van der Waals surface area contributed by atoms with Crippen LogP contribution in [0, 0.1) is 0 Å². The first-order chi connectivity index (χ1) is 4.42. The lowest BCUT2D eigenvalue weighted by atomic mass is 10.1. The summed E-state index contributed by atoms with van der Waals surface area (Å²) in [5.41, 5.74) is 0. The summed E-state index contributed by atoms with van der Waals surface area (Å²) in [6.07, 6.45) is -4.31. The van der Waals surface area contributed by atoms with E-state index in [1.165, 1.54) is 0 Å². The molecule has 54 valence electrons. The summed E-state index contributed by atoms with van der Waals surface area (Å²) in [4.78, 5) is 10.4. The van der Waals surface area contributed by atoms with Crippen molar-refractivity contribution in [3.05, 3.63) is 0 Å². The van der Waals surface area contributed by atoms with Crippen LogP contribution in [0.5, 0.6) is 0 Å². The summed E-state index contributed by atoms with van der Waals surface area (Å²) in [6.45, 7) is 0.158. The van der Waals surface area contributed by atoms with Gasteiger partial charge >= 0.3 is 0 Å². The van der Waals surface area contributed by atoms with E-state index in [0.29, 0.717) is 0 Å². The second-order valence-corrected chi connectivity index (χ2v) is 1.64. The highest BCUT2D eigenvalue weighted by molar-refractivity contribution is 5.80. The quantitative estimate of drug-likeness (QED) is 0.430. The van der Waals surface area contributed by atoms with E-state index >= 15 is 0 Å². The number of rotatable bonds is 3. The van der Waals surface area contributed by atoms with Gasteiger partial charge in [-0.3, -0.25) is 4.79 Å². The molecule has 0 aliphatic carbocycles. The van der Waals surface area contributed by atoms with E-state index in [9.17, 15) is 4.79 Å². The van der Waals surface area contributed by atoms with Gasteiger partial charge in [0.25, 0.3) is 0 Å². The maximum Gasteiger partial charge on any atom is 0.160 e. The summed E-state index contributed by atoms with van der Waals surface area (Å²) in [5.74, 6) is -0.894. The zero-order chi connectivity index (χ0) is 8.36. The zero-order valence-corrected chi connectivity index (χ0v) is 5.03. The van der Waals surface area contributed by atoms with Crippen LogP contribution in [0.3, 0.4) is 0 Å². The Bertz CT molecular complexity index is 134. The van der Waals surface area contributed by atoms with Crippen LogP contribution in [0.4, 0.5) is 0 Å². The Morgan fingerprint density at radius 1 is 1.78 bits per heavy atom. The van der Waals surface area contributed by atoms with Gasteiger partial charge in [0, 0.05) is 0 Å². The molecule has 0 fully saturated rings. The van der Waals surface area contributed by atoms with Gasteiger partial charge in [0.1, 0.15) is 12.2 Å². The third-order valence-electron chi connectivity index (χ3n) is 0.849. The number of aliphatic hydroxyl groups is 3. The predicted molar refractivity (Wildman–Crippen MR) is 29.8 cm³/mol. The van der Waals surface area contributed by atoms with Gasteiger partial charge in [0.05, 0.1) is 7.98 Å². The van der Waals surface area contributed by atoms with Crippen LogP contribution < -0.4 is 0 Å². The molecule has 0 aromatic heterocycles. The maximum atomic E-state index is 10.4. The largest absolute Gasteiger partial charge is 0.394 e. The fourth-order valence-corrected chi connectivity index (χ4v) is 0.321. The number of ketones is 1. The molecule has 0 aromatic rings. The molecule has 2 atom stereocenters. The highest BCUT2D eigenvalue weighted by Crippen LogP contribution is 1.92. The Labute approximate surface area is 54.1 Å². The van der Waals surface area contributed by atoms with E-state index in [0.717, 1.165) is 6.92 Å². The number of Topliss-reactive ketones (excluding diaryl/α,β-unsaturated/α-hetero) is 1. The lowest BCUT2D eigenvalue weighted by Crippen LogP contribution is -2.34. The maximum absolute atomic E-state index is 10.4. The average molecular weight is 135 g/mol. The number of carbonyl (C=O) groups excluding carboxylic acids is 1. The third kappa shape index (κ3) is 2.55. The van der Waals surface area contributed by atoms with Crippen molar-refractivity contribution in [3.63, 3.8) is 0 Å². The van der Waals surface area contributed by atoms with Gasteiger partial charge in [0.15, 0.2) is 5.78 Å². The van der Waals surface area contributed by atoms with Gasteiger partial charge in [-0.25, -0.2) is 0 Å². The molecule has 0 heterocycles. The van der Waals surface area contributed by atoms with E-state index in [1.807, 2.05) is 0 Å². The van der Waals surface area contributed by atoms with Crippen LogP contribution in [-0.2, 0) is 4.79 Å². The minimum absolute atomic E-state index is 0.806. The van der Waals surface area contributed by atoms with E-state index in [-0.39, 0.29) is 0 Å². The molecule has 0 bridgehead atoms. The minimum Gasteiger partial charge on any atom is -0.394 e. The second-order valence-electron chi connectivity index (χ2n) is 1.64. The molecule has 0 aliphatic rings.